The van der Waals surface area contributed by atoms with Crippen LogP contribution in [0.2, 0.25) is 5.02 Å². The molecular formula is C18H28ClIN4O. The SMILES string of the molecule is CN=C(NCCC(=O)Nc1ccc(C)cc1Cl)NC1CCCCC1.I. The third-order valence-corrected chi connectivity index (χ3v) is 4.53. The van der Waals surface area contributed by atoms with E-state index in [1.807, 2.05) is 25.1 Å². The smallest absolute Gasteiger partial charge is 0.226 e. The van der Waals surface area contributed by atoms with Crippen LogP contribution < -0.4 is 16.0 Å². The molecule has 0 atom stereocenters. The van der Waals surface area contributed by atoms with Crippen molar-refractivity contribution in [2.75, 3.05) is 18.9 Å². The Kier molecular flexibility index (Phi) is 10.2. The number of carbonyl (C=O) groups excluding carboxylic acids is 1. The average Bonchev–Trinajstić information content (AvgIpc) is 2.57. The number of aliphatic imine (C=N–C) groups is 1. The van der Waals surface area contributed by atoms with Crippen molar-refractivity contribution >= 4 is 53.1 Å². The van der Waals surface area contributed by atoms with Crippen molar-refractivity contribution in [1.29, 1.82) is 0 Å². The van der Waals surface area contributed by atoms with E-state index < -0.39 is 0 Å². The van der Waals surface area contributed by atoms with E-state index in [2.05, 4.69) is 20.9 Å². The highest BCUT2D eigenvalue weighted by Gasteiger charge is 2.14. The van der Waals surface area contributed by atoms with Crippen LogP contribution in [0.25, 0.3) is 0 Å². The second-order valence-electron chi connectivity index (χ2n) is 6.26. The van der Waals surface area contributed by atoms with Gasteiger partial charge in [-0.2, -0.15) is 0 Å². The first kappa shape index (κ1) is 22.0. The summed E-state index contributed by atoms with van der Waals surface area (Å²) in [6.45, 7) is 2.49. The molecule has 0 radical (unpaired) electrons. The highest BCUT2D eigenvalue weighted by atomic mass is 127. The van der Waals surface area contributed by atoms with Crippen LogP contribution in [0, 0.1) is 6.92 Å². The zero-order valence-corrected chi connectivity index (χ0v) is 18.0. The number of guanidine groups is 1. The Morgan fingerprint density at radius 3 is 2.64 bits per heavy atom. The maximum atomic E-state index is 12.0. The number of carbonyl (C=O) groups is 1. The number of anilines is 1. The van der Waals surface area contributed by atoms with E-state index in [-0.39, 0.29) is 29.9 Å². The fourth-order valence-corrected chi connectivity index (χ4v) is 3.15. The van der Waals surface area contributed by atoms with Gasteiger partial charge in [0.15, 0.2) is 5.96 Å². The van der Waals surface area contributed by atoms with E-state index in [0.29, 0.717) is 29.7 Å². The van der Waals surface area contributed by atoms with Gasteiger partial charge in [0.1, 0.15) is 0 Å². The molecule has 1 amide bonds. The average molecular weight is 479 g/mol. The van der Waals surface area contributed by atoms with Gasteiger partial charge in [-0.15, -0.1) is 24.0 Å². The highest BCUT2D eigenvalue weighted by Crippen LogP contribution is 2.22. The van der Waals surface area contributed by atoms with Crippen LogP contribution in [0.1, 0.15) is 44.1 Å². The van der Waals surface area contributed by atoms with Gasteiger partial charge in [0.05, 0.1) is 10.7 Å². The van der Waals surface area contributed by atoms with Crippen molar-refractivity contribution in [2.45, 2.75) is 51.5 Å². The number of nitrogens with one attached hydrogen (secondary N) is 3. The minimum Gasteiger partial charge on any atom is -0.356 e. The molecule has 1 aliphatic rings. The van der Waals surface area contributed by atoms with Gasteiger partial charge in [-0.25, -0.2) is 0 Å². The highest BCUT2D eigenvalue weighted by molar-refractivity contribution is 14.0. The molecule has 1 saturated carbocycles. The minimum atomic E-state index is -0.0682. The number of halogens is 2. The van der Waals surface area contributed by atoms with Crippen LogP contribution in [0.15, 0.2) is 23.2 Å². The number of aryl methyl sites for hydroxylation is 1. The number of hydrogen-bond acceptors (Lipinski definition) is 2. The Bertz CT molecular complexity index is 588. The van der Waals surface area contributed by atoms with Gasteiger partial charge in [0, 0.05) is 26.1 Å². The molecule has 1 fully saturated rings. The van der Waals surface area contributed by atoms with Crippen LogP contribution in [-0.2, 0) is 4.79 Å². The third kappa shape index (κ3) is 7.81. The molecule has 0 aromatic heterocycles. The lowest BCUT2D eigenvalue weighted by Gasteiger charge is -2.24. The lowest BCUT2D eigenvalue weighted by molar-refractivity contribution is -0.116. The molecule has 0 heterocycles. The van der Waals surface area contributed by atoms with Gasteiger partial charge >= 0.3 is 0 Å². The van der Waals surface area contributed by atoms with Crippen LogP contribution in [0.4, 0.5) is 5.69 Å². The third-order valence-electron chi connectivity index (χ3n) is 4.21. The molecule has 0 unspecified atom stereocenters. The van der Waals surface area contributed by atoms with E-state index in [1.165, 1.54) is 32.1 Å². The summed E-state index contributed by atoms with van der Waals surface area (Å²) in [6.07, 6.45) is 6.60. The summed E-state index contributed by atoms with van der Waals surface area (Å²) in [6, 6.07) is 6.08. The van der Waals surface area contributed by atoms with Crippen molar-refractivity contribution in [3.8, 4) is 0 Å². The summed E-state index contributed by atoms with van der Waals surface area (Å²) in [5, 5.41) is 10.0. The Hall–Kier alpha value is -1.02. The summed E-state index contributed by atoms with van der Waals surface area (Å²) in [4.78, 5) is 16.3. The standard InChI is InChI=1S/C18H27ClN4O.HI/c1-13-8-9-16(15(19)12-13)23-17(24)10-11-21-18(20-2)22-14-6-4-3-5-7-14;/h8-9,12,14H,3-7,10-11H2,1-2H3,(H,23,24)(H2,20,21,22);1H. The number of hydrogen-bond donors (Lipinski definition) is 3. The van der Waals surface area contributed by atoms with Crippen molar-refractivity contribution in [3.63, 3.8) is 0 Å². The Morgan fingerprint density at radius 2 is 2.00 bits per heavy atom. The predicted molar refractivity (Wildman–Crippen MR) is 116 cm³/mol. The lowest BCUT2D eigenvalue weighted by Crippen LogP contribution is -2.44. The summed E-state index contributed by atoms with van der Waals surface area (Å²) in [5.41, 5.74) is 1.72. The lowest BCUT2D eigenvalue weighted by atomic mass is 9.96. The Balaban J connectivity index is 0.00000312. The molecule has 0 bridgehead atoms. The quantitative estimate of drug-likeness (QED) is 0.339. The molecule has 25 heavy (non-hydrogen) atoms. The fourth-order valence-electron chi connectivity index (χ4n) is 2.86. The van der Waals surface area contributed by atoms with Crippen LogP contribution >= 0.6 is 35.6 Å². The van der Waals surface area contributed by atoms with E-state index >= 15 is 0 Å². The van der Waals surface area contributed by atoms with Gasteiger partial charge in [0.2, 0.25) is 5.91 Å². The molecule has 7 heteroatoms. The molecule has 140 valence electrons. The normalized spacial score (nSPS) is 15.2. The Morgan fingerprint density at radius 1 is 1.28 bits per heavy atom. The molecule has 1 aromatic rings. The van der Waals surface area contributed by atoms with Crippen molar-refractivity contribution in [1.82, 2.24) is 10.6 Å². The van der Waals surface area contributed by atoms with Crippen LogP contribution in [0.3, 0.4) is 0 Å². The largest absolute Gasteiger partial charge is 0.356 e. The molecule has 2 rings (SSSR count). The van der Waals surface area contributed by atoms with Crippen molar-refractivity contribution in [3.05, 3.63) is 28.8 Å². The number of nitrogens with zero attached hydrogens (tertiary/aromatic N) is 1. The number of amides is 1. The first-order chi connectivity index (χ1) is 11.6. The first-order valence-electron chi connectivity index (χ1n) is 8.61. The van der Waals surface area contributed by atoms with Crippen LogP contribution in [-0.4, -0.2) is 31.5 Å². The zero-order chi connectivity index (χ0) is 17.4. The molecule has 0 aliphatic heterocycles. The second kappa shape index (κ2) is 11.6. The van der Waals surface area contributed by atoms with Crippen molar-refractivity contribution < 1.29 is 4.79 Å². The summed E-state index contributed by atoms with van der Waals surface area (Å²) >= 11 is 6.13. The van der Waals surface area contributed by atoms with E-state index in [1.54, 1.807) is 7.05 Å². The number of benzene rings is 1. The van der Waals surface area contributed by atoms with E-state index in [9.17, 15) is 4.79 Å². The number of rotatable bonds is 5. The molecule has 3 N–H and O–H groups in total. The maximum Gasteiger partial charge on any atom is 0.226 e. The molecule has 5 nitrogen and oxygen atoms in total. The summed E-state index contributed by atoms with van der Waals surface area (Å²) in [7, 11) is 1.75. The zero-order valence-electron chi connectivity index (χ0n) is 14.9. The molecular weight excluding hydrogens is 451 g/mol. The second-order valence-corrected chi connectivity index (χ2v) is 6.67. The molecule has 1 aliphatic carbocycles. The minimum absolute atomic E-state index is 0. The fraction of sp³-hybridized carbons (Fsp3) is 0.556. The maximum absolute atomic E-state index is 12.0. The molecule has 0 spiro atoms. The topological polar surface area (TPSA) is 65.5 Å². The van der Waals surface area contributed by atoms with E-state index in [4.69, 9.17) is 11.6 Å². The van der Waals surface area contributed by atoms with Gasteiger partial charge in [-0.3, -0.25) is 9.79 Å². The van der Waals surface area contributed by atoms with Crippen molar-refractivity contribution in [2.24, 2.45) is 4.99 Å². The monoisotopic (exact) mass is 478 g/mol. The Labute approximate surface area is 172 Å². The predicted octanol–water partition coefficient (Wildman–Crippen LogP) is 4.09. The van der Waals surface area contributed by atoms with Gasteiger partial charge in [-0.05, 0) is 37.5 Å². The van der Waals surface area contributed by atoms with Crippen LogP contribution in [0.5, 0.6) is 0 Å². The van der Waals surface area contributed by atoms with Gasteiger partial charge < -0.3 is 16.0 Å². The molecule has 1 aromatic carbocycles. The first-order valence-corrected chi connectivity index (χ1v) is 8.99. The summed E-state index contributed by atoms with van der Waals surface area (Å²) in [5.74, 6) is 0.699. The molecule has 0 saturated heterocycles. The van der Waals surface area contributed by atoms with Gasteiger partial charge in [-0.1, -0.05) is 36.9 Å². The van der Waals surface area contributed by atoms with E-state index in [0.717, 1.165) is 11.5 Å². The summed E-state index contributed by atoms with van der Waals surface area (Å²) < 4.78 is 0. The van der Waals surface area contributed by atoms with Gasteiger partial charge in [0.25, 0.3) is 0 Å².